The summed E-state index contributed by atoms with van der Waals surface area (Å²) in [5.41, 5.74) is 1.83. The lowest BCUT2D eigenvalue weighted by Crippen LogP contribution is -2.38. The van der Waals surface area contributed by atoms with Crippen LogP contribution in [0, 0.1) is 0 Å². The van der Waals surface area contributed by atoms with Crippen molar-refractivity contribution >= 4 is 11.2 Å². The molecule has 25 heavy (non-hydrogen) atoms. The van der Waals surface area contributed by atoms with Gasteiger partial charge >= 0.3 is 0 Å². The largest absolute Gasteiger partial charge is 0.295 e. The molecule has 4 rings (SSSR count). The van der Waals surface area contributed by atoms with Crippen LogP contribution in [0.4, 0.5) is 0 Å². The predicted octanol–water partition coefficient (Wildman–Crippen LogP) is 2.41. The van der Waals surface area contributed by atoms with Gasteiger partial charge in [0.1, 0.15) is 6.33 Å². The molecule has 128 valence electrons. The van der Waals surface area contributed by atoms with Gasteiger partial charge in [0.05, 0.1) is 6.04 Å². The topological polar surface area (TPSA) is 63.9 Å². The van der Waals surface area contributed by atoms with Crippen molar-refractivity contribution < 1.29 is 0 Å². The Labute approximate surface area is 146 Å². The highest BCUT2D eigenvalue weighted by Gasteiger charge is 2.23. The molecule has 0 saturated carbocycles. The molecule has 0 aliphatic carbocycles. The van der Waals surface area contributed by atoms with Crippen LogP contribution in [-0.4, -0.2) is 37.5 Å². The highest BCUT2D eigenvalue weighted by atomic mass is 16.1. The summed E-state index contributed by atoms with van der Waals surface area (Å²) < 4.78 is 1.67. The van der Waals surface area contributed by atoms with Gasteiger partial charge in [0.25, 0.3) is 5.56 Å². The molecule has 1 saturated heterocycles. The van der Waals surface area contributed by atoms with Crippen molar-refractivity contribution in [2.45, 2.75) is 31.8 Å². The van der Waals surface area contributed by atoms with Gasteiger partial charge in [-0.05, 0) is 31.5 Å². The Bertz CT molecular complexity index is 902. The van der Waals surface area contributed by atoms with Crippen molar-refractivity contribution in [3.8, 4) is 0 Å². The molecule has 1 aliphatic rings. The molecule has 3 aromatic rings. The summed E-state index contributed by atoms with van der Waals surface area (Å²) in [5.74, 6) is 0. The summed E-state index contributed by atoms with van der Waals surface area (Å²) in [5, 5.41) is 0. The maximum atomic E-state index is 12.8. The van der Waals surface area contributed by atoms with Gasteiger partial charge in [-0.15, -0.1) is 0 Å². The molecule has 6 nitrogen and oxygen atoms in total. The number of benzene rings is 1. The van der Waals surface area contributed by atoms with Gasteiger partial charge in [-0.25, -0.2) is 15.0 Å². The molecule has 1 atom stereocenters. The fourth-order valence-corrected chi connectivity index (χ4v) is 3.54. The zero-order valence-electron chi connectivity index (χ0n) is 14.1. The molecule has 1 aromatic carbocycles. The molecule has 3 heterocycles. The van der Waals surface area contributed by atoms with E-state index in [4.69, 9.17) is 0 Å². The van der Waals surface area contributed by atoms with E-state index in [9.17, 15) is 4.79 Å². The van der Waals surface area contributed by atoms with E-state index in [0.29, 0.717) is 17.7 Å². The summed E-state index contributed by atoms with van der Waals surface area (Å²) in [6.45, 7) is 2.70. The van der Waals surface area contributed by atoms with Gasteiger partial charge in [0, 0.05) is 18.9 Å². The third kappa shape index (κ3) is 3.30. The molecule has 6 heteroatoms. The van der Waals surface area contributed by atoms with Gasteiger partial charge in [0.15, 0.2) is 11.2 Å². The number of aromatic nitrogens is 4. The Balaban J connectivity index is 1.71. The Morgan fingerprint density at radius 1 is 0.960 bits per heavy atom. The van der Waals surface area contributed by atoms with Crippen LogP contribution in [0.1, 0.15) is 30.9 Å². The van der Waals surface area contributed by atoms with E-state index in [-0.39, 0.29) is 11.6 Å². The van der Waals surface area contributed by atoms with Crippen LogP contribution >= 0.6 is 0 Å². The molecular formula is C19H21N5O. The van der Waals surface area contributed by atoms with E-state index < -0.39 is 0 Å². The molecule has 0 bridgehead atoms. The maximum Gasteiger partial charge on any atom is 0.281 e. The van der Waals surface area contributed by atoms with E-state index in [2.05, 4.69) is 44.1 Å². The van der Waals surface area contributed by atoms with E-state index in [1.807, 2.05) is 6.07 Å². The normalized spacial score (nSPS) is 16.8. The van der Waals surface area contributed by atoms with Crippen LogP contribution in [0.2, 0.25) is 0 Å². The van der Waals surface area contributed by atoms with Crippen molar-refractivity contribution in [1.29, 1.82) is 0 Å². The molecule has 0 radical (unpaired) electrons. The first-order chi connectivity index (χ1) is 12.3. The van der Waals surface area contributed by atoms with Crippen LogP contribution < -0.4 is 5.56 Å². The third-order valence-corrected chi connectivity index (χ3v) is 4.85. The number of likely N-dealkylation sites (tertiary alicyclic amines) is 1. The van der Waals surface area contributed by atoms with E-state index in [0.717, 1.165) is 13.1 Å². The minimum absolute atomic E-state index is 0.129. The molecule has 0 spiro atoms. The lowest BCUT2D eigenvalue weighted by atomic mass is 10.0. The molecule has 0 amide bonds. The van der Waals surface area contributed by atoms with E-state index >= 15 is 0 Å². The SMILES string of the molecule is O=c1c2nccnc2ncn1C[C@@H](c1ccccc1)N1CCCCC1. The second-order valence-electron chi connectivity index (χ2n) is 6.45. The van der Waals surface area contributed by atoms with Crippen molar-refractivity contribution in [3.63, 3.8) is 0 Å². The zero-order chi connectivity index (χ0) is 17.1. The monoisotopic (exact) mass is 335 g/mol. The summed E-state index contributed by atoms with van der Waals surface area (Å²) >= 11 is 0. The first kappa shape index (κ1) is 15.9. The van der Waals surface area contributed by atoms with Crippen LogP contribution in [0.3, 0.4) is 0 Å². The minimum atomic E-state index is -0.129. The standard InChI is InChI=1S/C19H21N5O/c25-19-17-18(21-10-9-20-17)22-14-24(19)13-16(15-7-3-1-4-8-15)23-11-5-2-6-12-23/h1,3-4,7-10,14,16H,2,5-6,11-13H2/t16-/m0/s1. The number of hydrogen-bond acceptors (Lipinski definition) is 5. The van der Waals surface area contributed by atoms with Gasteiger partial charge in [-0.1, -0.05) is 36.8 Å². The zero-order valence-corrected chi connectivity index (χ0v) is 14.1. The smallest absolute Gasteiger partial charge is 0.281 e. The number of hydrogen-bond donors (Lipinski definition) is 0. The Kier molecular flexibility index (Phi) is 4.52. The highest BCUT2D eigenvalue weighted by Crippen LogP contribution is 2.25. The number of fused-ring (bicyclic) bond motifs is 1. The average molecular weight is 335 g/mol. The second-order valence-corrected chi connectivity index (χ2v) is 6.45. The Morgan fingerprint density at radius 3 is 2.52 bits per heavy atom. The molecule has 0 unspecified atom stereocenters. The first-order valence-corrected chi connectivity index (χ1v) is 8.78. The van der Waals surface area contributed by atoms with Crippen LogP contribution in [0.25, 0.3) is 11.2 Å². The summed E-state index contributed by atoms with van der Waals surface area (Å²) in [6, 6.07) is 10.6. The minimum Gasteiger partial charge on any atom is -0.295 e. The molecule has 1 aliphatic heterocycles. The molecular weight excluding hydrogens is 314 g/mol. The lowest BCUT2D eigenvalue weighted by Gasteiger charge is -2.35. The van der Waals surface area contributed by atoms with Gasteiger partial charge in [0.2, 0.25) is 0 Å². The molecule has 2 aromatic heterocycles. The van der Waals surface area contributed by atoms with Crippen molar-refractivity contribution in [2.75, 3.05) is 13.1 Å². The fourth-order valence-electron chi connectivity index (χ4n) is 3.54. The maximum absolute atomic E-state index is 12.8. The number of nitrogens with zero attached hydrogens (tertiary/aromatic N) is 5. The summed E-state index contributed by atoms with van der Waals surface area (Å²) in [6.07, 6.45) is 8.39. The van der Waals surface area contributed by atoms with Gasteiger partial charge < -0.3 is 0 Å². The van der Waals surface area contributed by atoms with Crippen molar-refractivity contribution in [3.05, 3.63) is 65.0 Å². The van der Waals surface area contributed by atoms with Crippen LogP contribution in [0.15, 0.2) is 53.8 Å². The predicted molar refractivity (Wildman–Crippen MR) is 96.2 cm³/mol. The summed E-state index contributed by atoms with van der Waals surface area (Å²) in [7, 11) is 0. The van der Waals surface area contributed by atoms with E-state index in [1.54, 1.807) is 17.1 Å². The number of rotatable bonds is 4. The molecule has 0 N–H and O–H groups in total. The van der Waals surface area contributed by atoms with Crippen molar-refractivity contribution in [2.24, 2.45) is 0 Å². The van der Waals surface area contributed by atoms with E-state index in [1.165, 1.54) is 31.0 Å². The average Bonchev–Trinajstić information content (AvgIpc) is 2.69. The highest BCUT2D eigenvalue weighted by molar-refractivity contribution is 5.66. The lowest BCUT2D eigenvalue weighted by molar-refractivity contribution is 0.147. The second kappa shape index (κ2) is 7.11. The fraction of sp³-hybridized carbons (Fsp3) is 0.368. The quantitative estimate of drug-likeness (QED) is 0.733. The first-order valence-electron chi connectivity index (χ1n) is 8.78. The van der Waals surface area contributed by atoms with Crippen molar-refractivity contribution in [1.82, 2.24) is 24.4 Å². The summed E-state index contributed by atoms with van der Waals surface area (Å²) in [4.78, 5) is 27.8. The Morgan fingerprint density at radius 2 is 1.72 bits per heavy atom. The van der Waals surface area contributed by atoms with Gasteiger partial charge in [-0.2, -0.15) is 0 Å². The number of piperidine rings is 1. The third-order valence-electron chi connectivity index (χ3n) is 4.85. The molecule has 1 fully saturated rings. The van der Waals surface area contributed by atoms with Gasteiger partial charge in [-0.3, -0.25) is 14.3 Å². The van der Waals surface area contributed by atoms with Crippen LogP contribution in [0.5, 0.6) is 0 Å². The van der Waals surface area contributed by atoms with Crippen LogP contribution in [-0.2, 0) is 6.54 Å². The Hall–Kier alpha value is -2.60.